The molecule has 1 aromatic heterocycles. The first kappa shape index (κ1) is 11.7. The molecule has 0 radical (unpaired) electrons. The molecular weight excluding hydrogens is 385 g/mol. The van der Waals surface area contributed by atoms with E-state index >= 15 is 0 Å². The first-order valence-electron chi connectivity index (χ1n) is 4.47. The fourth-order valence-corrected chi connectivity index (χ4v) is 1.97. The molecule has 0 aliphatic carbocycles. The molecule has 82 valence electrons. The third-order valence-electron chi connectivity index (χ3n) is 1.96. The van der Waals surface area contributed by atoms with E-state index in [2.05, 4.69) is 43.8 Å². The highest BCUT2D eigenvalue weighted by molar-refractivity contribution is 14.1. The van der Waals surface area contributed by atoms with Gasteiger partial charge >= 0.3 is 0 Å². The van der Waals surface area contributed by atoms with Crippen molar-refractivity contribution in [2.75, 3.05) is 5.32 Å². The molecule has 0 fully saturated rings. The highest BCUT2D eigenvalue weighted by Crippen LogP contribution is 2.19. The molecule has 0 saturated carbocycles. The molecule has 0 bridgehead atoms. The van der Waals surface area contributed by atoms with E-state index in [0.717, 1.165) is 9.26 Å². The maximum atomic E-state index is 11.8. The lowest BCUT2D eigenvalue weighted by atomic mass is 10.3. The van der Waals surface area contributed by atoms with Crippen molar-refractivity contribution in [1.82, 2.24) is 0 Å². The molecule has 0 saturated heterocycles. The van der Waals surface area contributed by atoms with E-state index < -0.39 is 0 Å². The monoisotopic (exact) mass is 391 g/mol. The number of anilines is 1. The second-order valence-corrected chi connectivity index (χ2v) is 5.03. The number of carbonyl (C=O) groups excluding carboxylic acids is 1. The molecule has 2 aromatic rings. The van der Waals surface area contributed by atoms with Gasteiger partial charge in [-0.25, -0.2) is 0 Å². The minimum Gasteiger partial charge on any atom is -0.457 e. The number of carbonyl (C=O) groups is 1. The SMILES string of the molecule is O=C(Nc1ccc(I)cc1)c1ccoc1Br. The van der Waals surface area contributed by atoms with Crippen LogP contribution in [0.15, 0.2) is 45.7 Å². The van der Waals surface area contributed by atoms with Gasteiger partial charge in [0.25, 0.3) is 5.91 Å². The highest BCUT2D eigenvalue weighted by Gasteiger charge is 2.12. The quantitative estimate of drug-likeness (QED) is 0.789. The number of furan rings is 1. The van der Waals surface area contributed by atoms with Crippen LogP contribution in [0.4, 0.5) is 5.69 Å². The summed E-state index contributed by atoms with van der Waals surface area (Å²) >= 11 is 5.37. The first-order valence-corrected chi connectivity index (χ1v) is 6.34. The fourth-order valence-electron chi connectivity index (χ4n) is 1.19. The maximum absolute atomic E-state index is 11.8. The molecule has 1 N–H and O–H groups in total. The highest BCUT2D eigenvalue weighted by atomic mass is 127. The lowest BCUT2D eigenvalue weighted by Crippen LogP contribution is -2.11. The van der Waals surface area contributed by atoms with Gasteiger partial charge < -0.3 is 9.73 Å². The summed E-state index contributed by atoms with van der Waals surface area (Å²) in [6.45, 7) is 0. The van der Waals surface area contributed by atoms with Crippen molar-refractivity contribution in [1.29, 1.82) is 0 Å². The molecule has 1 aromatic carbocycles. The number of benzene rings is 1. The smallest absolute Gasteiger partial charge is 0.260 e. The summed E-state index contributed by atoms with van der Waals surface area (Å²) in [5.74, 6) is -0.193. The zero-order valence-electron chi connectivity index (χ0n) is 8.04. The Bertz CT molecular complexity index is 507. The Morgan fingerprint density at radius 3 is 2.50 bits per heavy atom. The number of rotatable bonds is 2. The molecule has 0 spiro atoms. The Labute approximate surface area is 114 Å². The summed E-state index contributed by atoms with van der Waals surface area (Å²) in [5.41, 5.74) is 1.25. The van der Waals surface area contributed by atoms with Crippen molar-refractivity contribution in [3.63, 3.8) is 0 Å². The van der Waals surface area contributed by atoms with Crippen molar-refractivity contribution in [3.8, 4) is 0 Å². The summed E-state index contributed by atoms with van der Waals surface area (Å²) in [6.07, 6.45) is 1.47. The average molecular weight is 392 g/mol. The Kier molecular flexibility index (Phi) is 3.65. The summed E-state index contributed by atoms with van der Waals surface area (Å²) in [4.78, 5) is 11.8. The van der Waals surface area contributed by atoms with E-state index in [4.69, 9.17) is 4.42 Å². The Morgan fingerprint density at radius 2 is 1.94 bits per heavy atom. The third-order valence-corrected chi connectivity index (χ3v) is 3.30. The van der Waals surface area contributed by atoms with Gasteiger partial charge in [-0.15, -0.1) is 0 Å². The Morgan fingerprint density at radius 1 is 1.25 bits per heavy atom. The first-order chi connectivity index (χ1) is 7.66. The maximum Gasteiger partial charge on any atom is 0.260 e. The third kappa shape index (κ3) is 2.65. The molecule has 0 aliphatic heterocycles. The predicted molar refractivity (Wildman–Crippen MR) is 73.5 cm³/mol. The van der Waals surface area contributed by atoms with Gasteiger partial charge in [0.1, 0.15) is 0 Å². The summed E-state index contributed by atoms with van der Waals surface area (Å²) in [5, 5.41) is 2.78. The molecule has 2 rings (SSSR count). The van der Waals surface area contributed by atoms with Crippen molar-refractivity contribution in [2.45, 2.75) is 0 Å². The number of hydrogen-bond donors (Lipinski definition) is 1. The van der Waals surface area contributed by atoms with Crippen LogP contribution in [0, 0.1) is 3.57 Å². The Hall–Kier alpha value is -0.820. The van der Waals surface area contributed by atoms with E-state index in [1.807, 2.05) is 24.3 Å². The van der Waals surface area contributed by atoms with Crippen LogP contribution >= 0.6 is 38.5 Å². The lowest BCUT2D eigenvalue weighted by Gasteiger charge is -2.03. The molecular formula is C11H7BrINO2. The fraction of sp³-hybridized carbons (Fsp3) is 0. The second kappa shape index (κ2) is 5.01. The zero-order valence-corrected chi connectivity index (χ0v) is 11.8. The predicted octanol–water partition coefficient (Wildman–Crippen LogP) is 3.90. The molecule has 3 nitrogen and oxygen atoms in total. The second-order valence-electron chi connectivity index (χ2n) is 3.07. The summed E-state index contributed by atoms with van der Waals surface area (Å²) < 4.78 is 6.56. The number of nitrogens with one attached hydrogen (secondary N) is 1. The van der Waals surface area contributed by atoms with Crippen molar-refractivity contribution in [2.24, 2.45) is 0 Å². The van der Waals surface area contributed by atoms with Crippen molar-refractivity contribution >= 4 is 50.1 Å². The Balaban J connectivity index is 2.14. The average Bonchev–Trinajstić information content (AvgIpc) is 2.68. The van der Waals surface area contributed by atoms with Gasteiger partial charge in [0.15, 0.2) is 4.67 Å². The minimum atomic E-state index is -0.193. The number of amides is 1. The topological polar surface area (TPSA) is 42.2 Å². The van der Waals surface area contributed by atoms with Crippen molar-refractivity contribution in [3.05, 3.63) is 50.4 Å². The van der Waals surface area contributed by atoms with Crippen LogP contribution in [0.2, 0.25) is 0 Å². The van der Waals surface area contributed by atoms with Gasteiger partial charge in [-0.3, -0.25) is 4.79 Å². The van der Waals surface area contributed by atoms with Crippen LogP contribution in [-0.4, -0.2) is 5.91 Å². The van der Waals surface area contributed by atoms with Gasteiger partial charge in [0, 0.05) is 9.26 Å². The van der Waals surface area contributed by atoms with Gasteiger partial charge in [0.2, 0.25) is 0 Å². The molecule has 16 heavy (non-hydrogen) atoms. The lowest BCUT2D eigenvalue weighted by molar-refractivity contribution is 0.102. The summed E-state index contributed by atoms with van der Waals surface area (Å²) in [7, 11) is 0. The van der Waals surface area contributed by atoms with Crippen LogP contribution in [0.3, 0.4) is 0 Å². The number of hydrogen-bond acceptors (Lipinski definition) is 2. The summed E-state index contributed by atoms with van der Waals surface area (Å²) in [6, 6.07) is 9.19. The normalized spacial score (nSPS) is 10.1. The minimum absolute atomic E-state index is 0.193. The largest absolute Gasteiger partial charge is 0.457 e. The van der Waals surface area contributed by atoms with Crippen LogP contribution in [0.1, 0.15) is 10.4 Å². The van der Waals surface area contributed by atoms with Crippen molar-refractivity contribution < 1.29 is 9.21 Å². The van der Waals surface area contributed by atoms with Gasteiger partial charge in [0.05, 0.1) is 11.8 Å². The molecule has 1 heterocycles. The molecule has 0 atom stereocenters. The molecule has 5 heteroatoms. The van der Waals surface area contributed by atoms with E-state index in [1.165, 1.54) is 6.26 Å². The van der Waals surface area contributed by atoms with Crippen LogP contribution < -0.4 is 5.32 Å². The van der Waals surface area contributed by atoms with Gasteiger partial charge in [-0.1, -0.05) is 0 Å². The standard InChI is InChI=1S/C11H7BrINO2/c12-10-9(5-6-16-10)11(15)14-8-3-1-7(13)2-4-8/h1-6H,(H,14,15). The number of halogens is 2. The zero-order chi connectivity index (χ0) is 11.5. The van der Waals surface area contributed by atoms with Gasteiger partial charge in [-0.05, 0) is 68.9 Å². The van der Waals surface area contributed by atoms with Crippen LogP contribution in [-0.2, 0) is 0 Å². The molecule has 0 unspecified atom stereocenters. The van der Waals surface area contributed by atoms with Gasteiger partial charge in [-0.2, -0.15) is 0 Å². The van der Waals surface area contributed by atoms with Crippen LogP contribution in [0.25, 0.3) is 0 Å². The molecule has 0 aliphatic rings. The van der Waals surface area contributed by atoms with E-state index in [1.54, 1.807) is 6.07 Å². The van der Waals surface area contributed by atoms with E-state index in [-0.39, 0.29) is 5.91 Å². The molecule has 1 amide bonds. The van der Waals surface area contributed by atoms with E-state index in [9.17, 15) is 4.79 Å². The van der Waals surface area contributed by atoms with Crippen LogP contribution in [0.5, 0.6) is 0 Å². The van der Waals surface area contributed by atoms with E-state index in [0.29, 0.717) is 10.2 Å².